The molecule has 0 saturated carbocycles. The molecule has 6 rings (SSSR count). The van der Waals surface area contributed by atoms with Crippen molar-refractivity contribution in [3.8, 4) is 5.75 Å². The maximum atomic E-state index is 14.0. The number of carbonyl (C=O) groups excluding carboxylic acids is 2. The zero-order valence-corrected chi connectivity index (χ0v) is 28.3. The number of carbonyl (C=O) groups is 2. The third-order valence-corrected chi connectivity index (χ3v) is 12.4. The molecule has 1 atom stereocenters. The monoisotopic (exact) mass is 657 g/mol. The second-order valence-corrected chi connectivity index (χ2v) is 14.8. The van der Waals surface area contributed by atoms with E-state index in [1.54, 1.807) is 11.8 Å². The third kappa shape index (κ3) is 5.59. The van der Waals surface area contributed by atoms with E-state index in [9.17, 15) is 9.59 Å². The van der Waals surface area contributed by atoms with Crippen LogP contribution >= 0.6 is 35.3 Å². The van der Waals surface area contributed by atoms with Gasteiger partial charge in [-0.15, -0.1) is 0 Å². The highest BCUT2D eigenvalue weighted by atomic mass is 32.2. The van der Waals surface area contributed by atoms with Gasteiger partial charge in [-0.25, -0.2) is 9.59 Å². The Hall–Kier alpha value is -3.53. The molecule has 0 bridgehead atoms. The summed E-state index contributed by atoms with van der Waals surface area (Å²) in [5.74, 6) is -0.0160. The molecule has 45 heavy (non-hydrogen) atoms. The first-order chi connectivity index (χ1) is 21.7. The molecule has 0 amide bonds. The molecule has 1 spiro atoms. The molecule has 6 nitrogen and oxygen atoms in total. The van der Waals surface area contributed by atoms with E-state index in [-0.39, 0.29) is 25.2 Å². The molecule has 3 aromatic rings. The van der Waals surface area contributed by atoms with Gasteiger partial charge in [0.1, 0.15) is 19.6 Å². The molecule has 232 valence electrons. The van der Waals surface area contributed by atoms with Crippen molar-refractivity contribution >= 4 is 69.0 Å². The van der Waals surface area contributed by atoms with Crippen LogP contribution in [-0.2, 0) is 19.1 Å². The zero-order chi connectivity index (χ0) is 31.8. The largest absolute Gasteiger partial charge is 0.494 e. The Morgan fingerprint density at radius 1 is 0.733 bits per heavy atom. The molecule has 1 unspecified atom stereocenters. The number of rotatable bonds is 8. The van der Waals surface area contributed by atoms with E-state index in [1.165, 1.54) is 23.5 Å². The summed E-state index contributed by atoms with van der Waals surface area (Å²) in [6, 6.07) is 26.0. The topological polar surface area (TPSA) is 73.9 Å². The van der Waals surface area contributed by atoms with Crippen LogP contribution in [0.4, 0.5) is 5.69 Å². The number of thioether (sulfide) groups is 3. The van der Waals surface area contributed by atoms with Crippen LogP contribution in [0.15, 0.2) is 93.6 Å². The van der Waals surface area contributed by atoms with Crippen LogP contribution in [0.2, 0.25) is 0 Å². The van der Waals surface area contributed by atoms with E-state index in [1.807, 2.05) is 87.5 Å². The quantitative estimate of drug-likeness (QED) is 0.239. The molecule has 1 N–H and O–H groups in total. The lowest BCUT2D eigenvalue weighted by Gasteiger charge is -2.47. The van der Waals surface area contributed by atoms with Crippen LogP contribution in [0.1, 0.15) is 51.3 Å². The van der Waals surface area contributed by atoms with Crippen molar-refractivity contribution in [1.82, 2.24) is 0 Å². The van der Waals surface area contributed by atoms with Crippen molar-refractivity contribution < 1.29 is 23.8 Å². The number of nitrogens with one attached hydrogen (secondary N) is 1. The molecule has 0 fully saturated rings. The highest BCUT2D eigenvalue weighted by Gasteiger charge is 2.57. The average molecular weight is 658 g/mol. The minimum atomic E-state index is -0.948. The number of benzene rings is 3. The average Bonchev–Trinajstić information content (AvgIpc) is 3.43. The van der Waals surface area contributed by atoms with Crippen molar-refractivity contribution in [2.45, 2.75) is 44.2 Å². The summed E-state index contributed by atoms with van der Waals surface area (Å²) in [7, 11) is 0. The van der Waals surface area contributed by atoms with Crippen molar-refractivity contribution in [3.05, 3.63) is 110 Å². The molecule has 3 aromatic carbocycles. The summed E-state index contributed by atoms with van der Waals surface area (Å²) in [5, 5.41) is 3.72. The molecule has 0 aliphatic carbocycles. The number of hydrogen-bond acceptors (Lipinski definition) is 9. The third-order valence-electron chi connectivity index (χ3n) is 7.62. The van der Waals surface area contributed by atoms with Gasteiger partial charge in [0.05, 0.1) is 25.4 Å². The zero-order valence-electron chi connectivity index (χ0n) is 25.9. The first-order valence-electron chi connectivity index (χ1n) is 15.0. The Morgan fingerprint density at radius 2 is 1.36 bits per heavy atom. The summed E-state index contributed by atoms with van der Waals surface area (Å²) in [6.45, 7) is 10.9. The lowest BCUT2D eigenvalue weighted by atomic mass is 9.83. The lowest BCUT2D eigenvalue weighted by molar-refractivity contribution is -0.138. The Kier molecular flexibility index (Phi) is 8.87. The van der Waals surface area contributed by atoms with Crippen molar-refractivity contribution in [2.75, 3.05) is 25.1 Å². The Morgan fingerprint density at radius 3 is 1.98 bits per heavy atom. The smallest absolute Gasteiger partial charge is 0.345 e. The number of hydrogen-bond donors (Lipinski definition) is 1. The molecule has 0 saturated heterocycles. The fourth-order valence-corrected chi connectivity index (χ4v) is 11.0. The van der Waals surface area contributed by atoms with E-state index in [2.05, 4.69) is 31.3 Å². The molecule has 3 aliphatic rings. The normalized spacial score (nSPS) is 20.0. The van der Waals surface area contributed by atoms with Gasteiger partial charge in [0, 0.05) is 32.2 Å². The molecule has 9 heteroatoms. The first kappa shape index (κ1) is 31.5. The maximum absolute atomic E-state index is 14.0. The van der Waals surface area contributed by atoms with Crippen LogP contribution in [0.5, 0.6) is 5.75 Å². The number of ether oxygens (including phenoxy) is 3. The Balaban J connectivity index is 1.71. The van der Waals surface area contributed by atoms with Gasteiger partial charge in [-0.2, -0.15) is 0 Å². The molecule has 3 aliphatic heterocycles. The molecular weight excluding hydrogens is 623 g/mol. The Bertz CT molecular complexity index is 1750. The van der Waals surface area contributed by atoms with Gasteiger partial charge < -0.3 is 19.5 Å². The van der Waals surface area contributed by atoms with Crippen molar-refractivity contribution in [2.24, 2.45) is 0 Å². The van der Waals surface area contributed by atoms with Crippen LogP contribution in [0.3, 0.4) is 0 Å². The fraction of sp³-hybridized carbons (Fsp3) is 0.278. The van der Waals surface area contributed by atoms with E-state index < -0.39 is 9.62 Å². The number of anilines is 1. The van der Waals surface area contributed by atoms with Crippen LogP contribution < -0.4 is 10.1 Å². The van der Waals surface area contributed by atoms with Gasteiger partial charge >= 0.3 is 11.9 Å². The SMILES string of the molecule is CCOC(=O)C1=C(c2ccccc2)SC2(S1)C(c1ccccc1)=C(C(=O)OCC)SC1=C2c2cc(OCC)ccc2NC1(C)C. The minimum absolute atomic E-state index is 0.244. The second kappa shape index (κ2) is 12.7. The standard InChI is InChI=1S/C36H35NO5S3/c1-6-40-24-19-20-26-25(21-24)28-32(35(4,5)37-26)43-30(33(38)41-7-2)27(22-15-11-9-12-16-22)36(28)44-29(23-17-13-10-14-18-23)31(45-36)34(39)42-8-3/h9-21,37H,6-8H2,1-5H3. The summed E-state index contributed by atoms with van der Waals surface area (Å²) in [5.41, 5.74) is 5.01. The van der Waals surface area contributed by atoms with E-state index >= 15 is 0 Å². The summed E-state index contributed by atoms with van der Waals surface area (Å²) < 4.78 is 16.4. The van der Waals surface area contributed by atoms with Crippen molar-refractivity contribution in [3.63, 3.8) is 0 Å². The number of fused-ring (bicyclic) bond motifs is 3. The van der Waals surface area contributed by atoms with Crippen LogP contribution in [-0.4, -0.2) is 41.4 Å². The highest BCUT2D eigenvalue weighted by molar-refractivity contribution is 8.29. The summed E-state index contributed by atoms with van der Waals surface area (Å²) >= 11 is 4.51. The summed E-state index contributed by atoms with van der Waals surface area (Å²) in [4.78, 5) is 30.6. The van der Waals surface area contributed by atoms with Gasteiger partial charge in [0.25, 0.3) is 0 Å². The van der Waals surface area contributed by atoms with Gasteiger partial charge in [-0.3, -0.25) is 0 Å². The molecular formula is C36H35NO5S3. The van der Waals surface area contributed by atoms with Gasteiger partial charge in [0.2, 0.25) is 0 Å². The van der Waals surface area contributed by atoms with E-state index in [4.69, 9.17) is 14.2 Å². The van der Waals surface area contributed by atoms with Gasteiger partial charge in [-0.1, -0.05) is 95.9 Å². The van der Waals surface area contributed by atoms with Crippen LogP contribution in [0, 0.1) is 0 Å². The number of esters is 2. The van der Waals surface area contributed by atoms with E-state index in [0.717, 1.165) is 49.1 Å². The summed E-state index contributed by atoms with van der Waals surface area (Å²) in [6.07, 6.45) is 0. The molecule has 0 radical (unpaired) electrons. The first-order valence-corrected chi connectivity index (χ1v) is 17.5. The predicted octanol–water partition coefficient (Wildman–Crippen LogP) is 8.83. The van der Waals surface area contributed by atoms with Crippen LogP contribution in [0.25, 0.3) is 16.1 Å². The Labute approximate surface area is 277 Å². The van der Waals surface area contributed by atoms with Gasteiger partial charge in [-0.05, 0) is 63.9 Å². The predicted molar refractivity (Wildman–Crippen MR) is 188 cm³/mol. The lowest BCUT2D eigenvalue weighted by Crippen LogP contribution is -2.42. The van der Waals surface area contributed by atoms with Gasteiger partial charge in [0.15, 0.2) is 0 Å². The molecule has 3 heterocycles. The molecule has 0 aromatic heterocycles. The maximum Gasteiger partial charge on any atom is 0.345 e. The second-order valence-electron chi connectivity index (χ2n) is 11.1. The fourth-order valence-electron chi connectivity index (χ4n) is 5.84. The minimum Gasteiger partial charge on any atom is -0.494 e. The highest BCUT2D eigenvalue weighted by Crippen LogP contribution is 2.73. The van der Waals surface area contributed by atoms with E-state index in [0.29, 0.717) is 16.4 Å². The van der Waals surface area contributed by atoms with Crippen molar-refractivity contribution in [1.29, 1.82) is 0 Å².